The topological polar surface area (TPSA) is 48.0 Å². The Bertz CT molecular complexity index is 348. The molecule has 3 rings (SSSR count). The van der Waals surface area contributed by atoms with Gasteiger partial charge in [0.1, 0.15) is 5.60 Å². The van der Waals surface area contributed by atoms with Crippen molar-refractivity contribution < 1.29 is 19.0 Å². The molecule has 3 heterocycles. The van der Waals surface area contributed by atoms with E-state index in [-0.39, 0.29) is 11.5 Å². The average Bonchev–Trinajstić information content (AvgIpc) is 2.87. The van der Waals surface area contributed by atoms with E-state index in [0.29, 0.717) is 11.8 Å². The quantitative estimate of drug-likeness (QED) is 0.774. The third-order valence-electron chi connectivity index (χ3n) is 4.92. The zero-order valence-electron chi connectivity index (χ0n) is 12.3. The van der Waals surface area contributed by atoms with Crippen LogP contribution in [-0.4, -0.2) is 62.5 Å². The molecule has 3 aliphatic rings. The van der Waals surface area contributed by atoms with E-state index >= 15 is 0 Å². The largest absolute Gasteiger partial charge is 0.381 e. The smallest absolute Gasteiger partial charge is 0.226 e. The Balaban J connectivity index is 1.52. The molecule has 1 spiro atoms. The summed E-state index contributed by atoms with van der Waals surface area (Å²) in [5.74, 6) is 0.901. The van der Waals surface area contributed by atoms with Crippen molar-refractivity contribution in [2.75, 3.05) is 46.1 Å². The highest BCUT2D eigenvalue weighted by Crippen LogP contribution is 2.41. The molecule has 20 heavy (non-hydrogen) atoms. The van der Waals surface area contributed by atoms with Crippen molar-refractivity contribution in [3.05, 3.63) is 0 Å². The van der Waals surface area contributed by atoms with Gasteiger partial charge < -0.3 is 19.1 Å². The lowest BCUT2D eigenvalue weighted by Gasteiger charge is -2.51. The van der Waals surface area contributed by atoms with E-state index < -0.39 is 0 Å². The van der Waals surface area contributed by atoms with Crippen LogP contribution in [0.5, 0.6) is 0 Å². The molecule has 0 aromatic carbocycles. The Hall–Kier alpha value is -0.650. The van der Waals surface area contributed by atoms with Gasteiger partial charge in [-0.2, -0.15) is 0 Å². The van der Waals surface area contributed by atoms with Crippen molar-refractivity contribution in [2.45, 2.75) is 31.8 Å². The van der Waals surface area contributed by atoms with Crippen molar-refractivity contribution in [3.63, 3.8) is 0 Å². The van der Waals surface area contributed by atoms with Crippen LogP contribution in [-0.2, 0) is 19.0 Å². The lowest BCUT2D eigenvalue weighted by Crippen LogP contribution is -2.67. The van der Waals surface area contributed by atoms with Crippen molar-refractivity contribution in [3.8, 4) is 0 Å². The molecule has 0 bridgehead atoms. The minimum absolute atomic E-state index is 0.115. The summed E-state index contributed by atoms with van der Waals surface area (Å²) in [4.78, 5) is 14.4. The summed E-state index contributed by atoms with van der Waals surface area (Å²) in [6.07, 6.45) is 2.79. The van der Waals surface area contributed by atoms with Crippen molar-refractivity contribution >= 4 is 5.91 Å². The normalized spacial score (nSPS) is 29.6. The molecule has 0 radical (unpaired) electrons. The molecule has 3 saturated heterocycles. The van der Waals surface area contributed by atoms with Crippen LogP contribution in [0.4, 0.5) is 0 Å². The first-order chi connectivity index (χ1) is 9.75. The Morgan fingerprint density at radius 2 is 2.00 bits per heavy atom. The van der Waals surface area contributed by atoms with Crippen LogP contribution < -0.4 is 0 Å². The number of likely N-dealkylation sites (tertiary alicyclic amines) is 1. The molecule has 1 atom stereocenters. The predicted molar refractivity (Wildman–Crippen MR) is 73.4 cm³/mol. The number of hydrogen-bond acceptors (Lipinski definition) is 4. The van der Waals surface area contributed by atoms with Crippen LogP contribution in [0.15, 0.2) is 0 Å². The number of hydrogen-bond donors (Lipinski definition) is 0. The van der Waals surface area contributed by atoms with Crippen LogP contribution in [0, 0.1) is 11.8 Å². The van der Waals surface area contributed by atoms with Gasteiger partial charge in [0, 0.05) is 38.3 Å². The van der Waals surface area contributed by atoms with E-state index in [4.69, 9.17) is 14.2 Å². The van der Waals surface area contributed by atoms with Gasteiger partial charge in [-0.3, -0.25) is 4.79 Å². The Morgan fingerprint density at radius 3 is 2.70 bits per heavy atom. The molecular weight excluding hydrogens is 258 g/mol. The summed E-state index contributed by atoms with van der Waals surface area (Å²) in [5, 5.41) is 0. The van der Waals surface area contributed by atoms with E-state index in [2.05, 4.69) is 0 Å². The summed E-state index contributed by atoms with van der Waals surface area (Å²) >= 11 is 0. The highest BCUT2D eigenvalue weighted by atomic mass is 16.5. The van der Waals surface area contributed by atoms with Gasteiger partial charge in [0.2, 0.25) is 5.91 Å². The van der Waals surface area contributed by atoms with Gasteiger partial charge in [-0.15, -0.1) is 0 Å². The maximum Gasteiger partial charge on any atom is 0.226 e. The second kappa shape index (κ2) is 6.00. The van der Waals surface area contributed by atoms with Crippen LogP contribution in [0.25, 0.3) is 0 Å². The summed E-state index contributed by atoms with van der Waals surface area (Å²) in [6, 6.07) is 0. The number of rotatable bonds is 4. The number of nitrogens with zero attached hydrogens (tertiary/aromatic N) is 1. The first kappa shape index (κ1) is 14.3. The van der Waals surface area contributed by atoms with Crippen molar-refractivity contribution in [1.82, 2.24) is 4.90 Å². The molecule has 5 heteroatoms. The fraction of sp³-hybridized carbons (Fsp3) is 0.933. The van der Waals surface area contributed by atoms with Crippen LogP contribution in [0.3, 0.4) is 0 Å². The fourth-order valence-corrected chi connectivity index (χ4v) is 3.59. The lowest BCUT2D eigenvalue weighted by molar-refractivity contribution is -0.174. The SMILES string of the molecule is CCOC[C@H]1CCOC12CN(C(=O)C1CCOCC1)C2. The summed E-state index contributed by atoms with van der Waals surface area (Å²) < 4.78 is 16.8. The molecule has 0 aromatic rings. The number of amides is 1. The average molecular weight is 283 g/mol. The van der Waals surface area contributed by atoms with E-state index in [1.54, 1.807) is 0 Å². The van der Waals surface area contributed by atoms with Gasteiger partial charge in [-0.05, 0) is 26.2 Å². The monoisotopic (exact) mass is 283 g/mol. The van der Waals surface area contributed by atoms with Crippen molar-refractivity contribution in [1.29, 1.82) is 0 Å². The molecule has 3 fully saturated rings. The zero-order chi connectivity index (χ0) is 14.0. The minimum atomic E-state index is -0.115. The molecule has 0 aromatic heterocycles. The van der Waals surface area contributed by atoms with Gasteiger partial charge in [-0.25, -0.2) is 0 Å². The molecule has 0 unspecified atom stereocenters. The van der Waals surface area contributed by atoms with Gasteiger partial charge in [0.25, 0.3) is 0 Å². The molecule has 114 valence electrons. The molecule has 5 nitrogen and oxygen atoms in total. The lowest BCUT2D eigenvalue weighted by atomic mass is 9.80. The Labute approximate surface area is 120 Å². The maximum absolute atomic E-state index is 12.4. The first-order valence-electron chi connectivity index (χ1n) is 7.83. The third kappa shape index (κ3) is 2.59. The highest BCUT2D eigenvalue weighted by Gasteiger charge is 2.55. The minimum Gasteiger partial charge on any atom is -0.381 e. The summed E-state index contributed by atoms with van der Waals surface area (Å²) in [5.41, 5.74) is -0.115. The molecule has 3 aliphatic heterocycles. The van der Waals surface area contributed by atoms with E-state index in [1.807, 2.05) is 11.8 Å². The first-order valence-corrected chi connectivity index (χ1v) is 7.83. The van der Waals surface area contributed by atoms with Gasteiger partial charge in [-0.1, -0.05) is 0 Å². The maximum atomic E-state index is 12.4. The van der Waals surface area contributed by atoms with E-state index in [1.165, 1.54) is 0 Å². The zero-order valence-corrected chi connectivity index (χ0v) is 12.3. The number of carbonyl (C=O) groups excluding carboxylic acids is 1. The number of carbonyl (C=O) groups is 1. The van der Waals surface area contributed by atoms with Gasteiger partial charge >= 0.3 is 0 Å². The predicted octanol–water partition coefficient (Wildman–Crippen LogP) is 1.07. The second-order valence-electron chi connectivity index (χ2n) is 6.14. The Morgan fingerprint density at radius 1 is 1.25 bits per heavy atom. The third-order valence-corrected chi connectivity index (χ3v) is 4.92. The fourth-order valence-electron chi connectivity index (χ4n) is 3.59. The molecular formula is C15H25NO4. The molecule has 1 amide bonds. The molecule has 0 aliphatic carbocycles. The highest BCUT2D eigenvalue weighted by molar-refractivity contribution is 5.80. The van der Waals surface area contributed by atoms with Crippen LogP contribution >= 0.6 is 0 Å². The second-order valence-corrected chi connectivity index (χ2v) is 6.14. The van der Waals surface area contributed by atoms with Gasteiger partial charge in [0.15, 0.2) is 0 Å². The molecule has 0 saturated carbocycles. The van der Waals surface area contributed by atoms with Crippen LogP contribution in [0.2, 0.25) is 0 Å². The standard InChI is InChI=1S/C15H25NO4/c1-2-18-9-13-5-8-20-15(13)10-16(11-15)14(17)12-3-6-19-7-4-12/h12-13H,2-11H2,1H3/t13-/m1/s1. The summed E-state index contributed by atoms with van der Waals surface area (Å²) in [7, 11) is 0. The molecule has 0 N–H and O–H groups in total. The van der Waals surface area contributed by atoms with E-state index in [9.17, 15) is 4.79 Å². The number of ether oxygens (including phenoxy) is 3. The Kier molecular flexibility index (Phi) is 4.29. The van der Waals surface area contributed by atoms with Crippen LogP contribution in [0.1, 0.15) is 26.2 Å². The summed E-state index contributed by atoms with van der Waals surface area (Å²) in [6.45, 7) is 7.27. The van der Waals surface area contributed by atoms with E-state index in [0.717, 1.165) is 65.4 Å². The van der Waals surface area contributed by atoms with Gasteiger partial charge in [0.05, 0.1) is 19.7 Å². The van der Waals surface area contributed by atoms with Crippen molar-refractivity contribution in [2.24, 2.45) is 11.8 Å².